The smallest absolute Gasteiger partial charge is 0.406 e. The Bertz CT molecular complexity index is 1380. The lowest BCUT2D eigenvalue weighted by molar-refractivity contribution is -0.118. The molecule has 1 atom stereocenters. The molecule has 1 heterocycles. The molecule has 1 aromatic heterocycles. The highest BCUT2D eigenvalue weighted by Gasteiger charge is 2.29. The van der Waals surface area contributed by atoms with Gasteiger partial charge in [0.1, 0.15) is 11.5 Å². The lowest BCUT2D eigenvalue weighted by atomic mass is 10.1. The van der Waals surface area contributed by atoms with Crippen LogP contribution in [0.4, 0.5) is 5.69 Å². The summed E-state index contributed by atoms with van der Waals surface area (Å²) < 4.78 is 30.2. The Labute approximate surface area is 249 Å². The van der Waals surface area contributed by atoms with Crippen LogP contribution in [-0.2, 0) is 25.0 Å². The Morgan fingerprint density at radius 2 is 1.68 bits per heavy atom. The summed E-state index contributed by atoms with van der Waals surface area (Å²) in [6, 6.07) is 13.8. The number of hydrogen-bond donors (Lipinski definition) is 4. The Morgan fingerprint density at radius 1 is 1.00 bits per heavy atom. The largest absolute Gasteiger partial charge is 0.478 e. The predicted molar refractivity (Wildman–Crippen MR) is 159 cm³/mol. The molecule has 3 rings (SSSR count). The van der Waals surface area contributed by atoms with Gasteiger partial charge in [-0.15, -0.1) is 0 Å². The fourth-order valence-electron chi connectivity index (χ4n) is 3.85. The van der Waals surface area contributed by atoms with Crippen molar-refractivity contribution in [1.82, 2.24) is 10.4 Å². The minimum absolute atomic E-state index is 0.0491. The molecule has 1 amide bonds. The van der Waals surface area contributed by atoms with E-state index >= 15 is 0 Å². The van der Waals surface area contributed by atoms with Gasteiger partial charge in [-0.3, -0.25) is 19.2 Å². The van der Waals surface area contributed by atoms with Gasteiger partial charge in [0.05, 0.1) is 41.1 Å². The Hall–Kier alpha value is -2.69. The summed E-state index contributed by atoms with van der Waals surface area (Å²) in [6.07, 6.45) is -0.572. The normalized spacial score (nSPS) is 12.6. The Balaban J connectivity index is 1.77. The summed E-state index contributed by atoms with van der Waals surface area (Å²) >= 11 is 12.4. The molecule has 0 fully saturated rings. The number of halogens is 2. The number of rotatable bonds is 15. The standard InChI is InChI=1S/C28H34Cl2N3O7P/c1-17(2)39-41(37,40-18(3)4)32-14-13-25(27(34)33-24-8-6-5-7-21(24)28(35)36)31-16-20-10-12-26(38-20)22-15-19(29)9-11-23(22)30/h5-12,15,17-18,25,31H,13-14,16H2,1-4H3,(H,32,37)(H,33,34)(H,35,36). The summed E-state index contributed by atoms with van der Waals surface area (Å²) in [5, 5.41) is 19.1. The van der Waals surface area contributed by atoms with Crippen LogP contribution in [0.5, 0.6) is 0 Å². The number of aromatic carboxylic acids is 1. The quantitative estimate of drug-likeness (QED) is 0.132. The third kappa shape index (κ3) is 9.97. The molecule has 41 heavy (non-hydrogen) atoms. The third-order valence-electron chi connectivity index (χ3n) is 5.55. The number of amides is 1. The van der Waals surface area contributed by atoms with Gasteiger partial charge in [-0.1, -0.05) is 35.3 Å². The molecule has 0 aliphatic carbocycles. The van der Waals surface area contributed by atoms with E-state index in [1.807, 2.05) is 0 Å². The van der Waals surface area contributed by atoms with Gasteiger partial charge < -0.3 is 14.8 Å². The van der Waals surface area contributed by atoms with Crippen molar-refractivity contribution in [1.29, 1.82) is 0 Å². The number of para-hydroxylation sites is 1. The van der Waals surface area contributed by atoms with E-state index in [0.717, 1.165) is 0 Å². The minimum Gasteiger partial charge on any atom is -0.478 e. The molecule has 1 unspecified atom stereocenters. The second kappa shape index (κ2) is 15.0. The zero-order chi connectivity index (χ0) is 30.2. The second-order valence-corrected chi connectivity index (χ2v) is 12.2. The SMILES string of the molecule is CC(C)OP(=O)(NCCC(NCc1ccc(-c2cc(Cl)ccc2Cl)o1)C(=O)Nc1ccccc1C(=O)O)OC(C)C. The van der Waals surface area contributed by atoms with Crippen molar-refractivity contribution in [2.45, 2.75) is 58.9 Å². The maximum Gasteiger partial charge on any atom is 0.406 e. The average molecular weight is 626 g/mol. The third-order valence-corrected chi connectivity index (χ3v) is 8.12. The number of nitrogens with one attached hydrogen (secondary N) is 3. The highest BCUT2D eigenvalue weighted by molar-refractivity contribution is 7.51. The fraction of sp³-hybridized carbons (Fsp3) is 0.357. The predicted octanol–water partition coefficient (Wildman–Crippen LogP) is 6.99. The molecule has 10 nitrogen and oxygen atoms in total. The first-order chi connectivity index (χ1) is 19.4. The van der Waals surface area contributed by atoms with Crippen LogP contribution >= 0.6 is 30.9 Å². The van der Waals surface area contributed by atoms with Crippen LogP contribution < -0.4 is 15.7 Å². The molecule has 0 aliphatic heterocycles. The van der Waals surface area contributed by atoms with Gasteiger partial charge in [-0.2, -0.15) is 0 Å². The number of benzene rings is 2. The van der Waals surface area contributed by atoms with Crippen LogP contribution in [0, 0.1) is 0 Å². The molecule has 0 saturated carbocycles. The van der Waals surface area contributed by atoms with Crippen molar-refractivity contribution >= 4 is 48.5 Å². The lowest BCUT2D eigenvalue weighted by Gasteiger charge is -2.24. The Kier molecular flexibility index (Phi) is 12.0. The van der Waals surface area contributed by atoms with Gasteiger partial charge in [-0.25, -0.2) is 14.4 Å². The molecule has 13 heteroatoms. The lowest BCUT2D eigenvalue weighted by Crippen LogP contribution is -2.42. The number of anilines is 1. The van der Waals surface area contributed by atoms with Crippen LogP contribution in [0.25, 0.3) is 11.3 Å². The molecular formula is C28H34Cl2N3O7P. The van der Waals surface area contributed by atoms with Crippen LogP contribution in [0.1, 0.15) is 50.2 Å². The second-order valence-electron chi connectivity index (χ2n) is 9.67. The molecule has 4 N–H and O–H groups in total. The molecule has 0 aliphatic rings. The maximum absolute atomic E-state index is 13.3. The van der Waals surface area contributed by atoms with Gasteiger partial charge in [-0.05, 0) is 76.6 Å². The zero-order valence-electron chi connectivity index (χ0n) is 23.1. The summed E-state index contributed by atoms with van der Waals surface area (Å²) in [7, 11) is -3.65. The van der Waals surface area contributed by atoms with Crippen molar-refractivity contribution in [2.24, 2.45) is 0 Å². The topological polar surface area (TPSA) is 139 Å². The number of carbonyl (C=O) groups excluding carboxylic acids is 1. The van der Waals surface area contributed by atoms with E-state index in [0.29, 0.717) is 27.1 Å². The van der Waals surface area contributed by atoms with E-state index in [9.17, 15) is 19.3 Å². The first-order valence-corrected chi connectivity index (χ1v) is 15.3. The van der Waals surface area contributed by atoms with Crippen molar-refractivity contribution in [3.05, 3.63) is 76.0 Å². The van der Waals surface area contributed by atoms with Gasteiger partial charge in [0.15, 0.2) is 0 Å². The van der Waals surface area contributed by atoms with E-state index in [4.69, 9.17) is 36.7 Å². The van der Waals surface area contributed by atoms with Crippen molar-refractivity contribution in [3.63, 3.8) is 0 Å². The van der Waals surface area contributed by atoms with E-state index in [1.165, 1.54) is 12.1 Å². The average Bonchev–Trinajstić information content (AvgIpc) is 3.35. The molecule has 0 bridgehead atoms. The summed E-state index contributed by atoms with van der Waals surface area (Å²) in [5.74, 6) is -0.642. The molecule has 3 aromatic rings. The van der Waals surface area contributed by atoms with Gasteiger partial charge in [0, 0.05) is 17.1 Å². The number of carboxylic acid groups (broad SMARTS) is 1. The zero-order valence-corrected chi connectivity index (χ0v) is 25.6. The van der Waals surface area contributed by atoms with E-state index in [2.05, 4.69) is 15.7 Å². The fourth-order valence-corrected chi connectivity index (χ4v) is 5.95. The van der Waals surface area contributed by atoms with Crippen LogP contribution in [0.15, 0.2) is 59.0 Å². The number of carbonyl (C=O) groups is 2. The molecule has 0 radical (unpaired) electrons. The summed E-state index contributed by atoms with van der Waals surface area (Å²) in [5.41, 5.74) is 0.727. The van der Waals surface area contributed by atoms with Crippen LogP contribution in [0.3, 0.4) is 0 Å². The number of furan rings is 1. The van der Waals surface area contributed by atoms with Crippen molar-refractivity contribution in [3.8, 4) is 11.3 Å². The van der Waals surface area contributed by atoms with Gasteiger partial charge >= 0.3 is 13.7 Å². The molecule has 0 spiro atoms. The Morgan fingerprint density at radius 3 is 2.34 bits per heavy atom. The number of hydrogen-bond acceptors (Lipinski definition) is 7. The highest BCUT2D eigenvalue weighted by atomic mass is 35.5. The van der Waals surface area contributed by atoms with Crippen LogP contribution in [-0.4, -0.2) is 41.8 Å². The van der Waals surface area contributed by atoms with Crippen molar-refractivity contribution in [2.75, 3.05) is 11.9 Å². The van der Waals surface area contributed by atoms with E-state index in [-0.39, 0.29) is 43.0 Å². The summed E-state index contributed by atoms with van der Waals surface area (Å²) in [6.45, 7) is 7.20. The monoisotopic (exact) mass is 625 g/mol. The van der Waals surface area contributed by atoms with Gasteiger partial charge in [0.25, 0.3) is 0 Å². The van der Waals surface area contributed by atoms with E-state index < -0.39 is 25.7 Å². The van der Waals surface area contributed by atoms with Crippen LogP contribution in [0.2, 0.25) is 10.0 Å². The van der Waals surface area contributed by atoms with E-state index in [1.54, 1.807) is 70.2 Å². The minimum atomic E-state index is -3.65. The summed E-state index contributed by atoms with van der Waals surface area (Å²) in [4.78, 5) is 25.0. The molecule has 222 valence electrons. The van der Waals surface area contributed by atoms with Crippen molar-refractivity contribution < 1.29 is 32.7 Å². The van der Waals surface area contributed by atoms with Gasteiger partial charge in [0.2, 0.25) is 5.91 Å². The highest BCUT2D eigenvalue weighted by Crippen LogP contribution is 2.46. The molecular weight excluding hydrogens is 592 g/mol. The first kappa shape index (κ1) is 32.8. The number of carboxylic acids is 1. The first-order valence-electron chi connectivity index (χ1n) is 13.0. The molecule has 0 saturated heterocycles. The molecule has 2 aromatic carbocycles. The maximum atomic E-state index is 13.3.